The van der Waals surface area contributed by atoms with Gasteiger partial charge < -0.3 is 5.32 Å². The molecule has 2 heterocycles. The predicted molar refractivity (Wildman–Crippen MR) is 100 cm³/mol. The van der Waals surface area contributed by atoms with Crippen LogP contribution in [0.1, 0.15) is 23.0 Å². The Balaban J connectivity index is 1.82. The van der Waals surface area contributed by atoms with Gasteiger partial charge in [0.2, 0.25) is 5.95 Å². The van der Waals surface area contributed by atoms with E-state index in [0.29, 0.717) is 0 Å². The zero-order valence-corrected chi connectivity index (χ0v) is 15.2. The summed E-state index contributed by atoms with van der Waals surface area (Å²) >= 11 is 9.49. The van der Waals surface area contributed by atoms with Crippen molar-refractivity contribution in [2.45, 2.75) is 13.0 Å². The molecule has 0 saturated heterocycles. The van der Waals surface area contributed by atoms with Crippen LogP contribution in [0.5, 0.6) is 0 Å². The van der Waals surface area contributed by atoms with Gasteiger partial charge in [-0.25, -0.2) is 4.68 Å². The minimum atomic E-state index is -0.0128. The van der Waals surface area contributed by atoms with E-state index in [2.05, 4.69) is 49.5 Å². The quantitative estimate of drug-likeness (QED) is 0.653. The van der Waals surface area contributed by atoms with Crippen molar-refractivity contribution in [1.29, 1.82) is 0 Å². The first kappa shape index (κ1) is 15.4. The van der Waals surface area contributed by atoms with Crippen molar-refractivity contribution in [3.63, 3.8) is 0 Å². The van der Waals surface area contributed by atoms with Crippen molar-refractivity contribution in [1.82, 2.24) is 14.8 Å². The van der Waals surface area contributed by atoms with Crippen molar-refractivity contribution in [2.24, 2.45) is 0 Å². The number of fused-ring (bicyclic) bond motifs is 1. The topological polar surface area (TPSA) is 42.7 Å². The van der Waals surface area contributed by atoms with Gasteiger partial charge in [-0.1, -0.05) is 51.8 Å². The van der Waals surface area contributed by atoms with Crippen LogP contribution in [-0.2, 0) is 0 Å². The lowest BCUT2D eigenvalue weighted by Crippen LogP contribution is -2.20. The van der Waals surface area contributed by atoms with E-state index in [0.717, 1.165) is 38.1 Å². The van der Waals surface area contributed by atoms with E-state index >= 15 is 0 Å². The molecule has 24 heavy (non-hydrogen) atoms. The van der Waals surface area contributed by atoms with Crippen LogP contribution in [0.2, 0.25) is 5.02 Å². The average Bonchev–Trinajstić information content (AvgIpc) is 2.95. The van der Waals surface area contributed by atoms with Gasteiger partial charge in [-0.3, -0.25) is 0 Å². The molecule has 1 atom stereocenters. The summed E-state index contributed by atoms with van der Waals surface area (Å²) in [6.07, 6.45) is 2.16. The molecule has 0 saturated carbocycles. The first-order valence-corrected chi connectivity index (χ1v) is 8.70. The number of hydrogen-bond donors (Lipinski definition) is 1. The van der Waals surface area contributed by atoms with Crippen LogP contribution in [0.25, 0.3) is 5.70 Å². The van der Waals surface area contributed by atoms with E-state index in [-0.39, 0.29) is 6.04 Å². The Hall–Kier alpha value is -2.11. The third kappa shape index (κ3) is 2.85. The maximum atomic E-state index is 6.00. The molecule has 6 heteroatoms. The second kappa shape index (κ2) is 6.07. The second-order valence-corrected chi connectivity index (χ2v) is 6.99. The monoisotopic (exact) mass is 400 g/mol. The average molecular weight is 402 g/mol. The smallest absolute Gasteiger partial charge is 0.226 e. The lowest BCUT2D eigenvalue weighted by Gasteiger charge is -2.24. The van der Waals surface area contributed by atoms with Gasteiger partial charge in [-0.05, 0) is 48.4 Å². The van der Waals surface area contributed by atoms with Crippen LogP contribution < -0.4 is 5.32 Å². The fourth-order valence-corrected chi connectivity index (χ4v) is 3.19. The summed E-state index contributed by atoms with van der Waals surface area (Å²) in [5.74, 6) is 1.48. The van der Waals surface area contributed by atoms with Gasteiger partial charge in [0.15, 0.2) is 0 Å². The predicted octanol–water partition coefficient (Wildman–Crippen LogP) is 5.06. The number of aromatic nitrogens is 3. The third-order valence-corrected chi connectivity index (χ3v) is 4.72. The van der Waals surface area contributed by atoms with Crippen LogP contribution in [0, 0.1) is 6.92 Å². The first-order chi connectivity index (χ1) is 11.6. The normalized spacial score (nSPS) is 16.3. The number of anilines is 1. The number of hydrogen-bond acceptors (Lipinski definition) is 3. The second-order valence-electron chi connectivity index (χ2n) is 5.64. The Bertz CT molecular complexity index is 913. The van der Waals surface area contributed by atoms with Crippen LogP contribution >= 0.6 is 27.5 Å². The molecule has 2 aromatic carbocycles. The zero-order valence-electron chi connectivity index (χ0n) is 12.9. The molecule has 0 aliphatic carbocycles. The first-order valence-electron chi connectivity index (χ1n) is 7.53. The van der Waals surface area contributed by atoms with Gasteiger partial charge in [0.1, 0.15) is 11.9 Å². The largest absolute Gasteiger partial charge is 0.324 e. The molecule has 3 aromatic rings. The van der Waals surface area contributed by atoms with Crippen molar-refractivity contribution in [2.75, 3.05) is 5.32 Å². The molecule has 0 unspecified atom stereocenters. The molecule has 4 nitrogen and oxygen atoms in total. The highest BCUT2D eigenvalue weighted by Crippen LogP contribution is 2.33. The highest BCUT2D eigenvalue weighted by Gasteiger charge is 2.24. The molecular formula is C18H14BrClN4. The van der Waals surface area contributed by atoms with Gasteiger partial charge in [0, 0.05) is 15.2 Å². The van der Waals surface area contributed by atoms with Gasteiger partial charge >= 0.3 is 0 Å². The molecule has 0 amide bonds. The van der Waals surface area contributed by atoms with Gasteiger partial charge in [-0.2, -0.15) is 10.1 Å². The van der Waals surface area contributed by atoms with E-state index in [9.17, 15) is 0 Å². The van der Waals surface area contributed by atoms with Gasteiger partial charge in [0.25, 0.3) is 0 Å². The Labute approximate surface area is 153 Å². The SMILES string of the molecule is Cc1nc2n(n1)[C@H](c1ccc(Br)cc1)C=C(c1ccc(Cl)cc1)N2. The molecule has 1 aliphatic rings. The minimum Gasteiger partial charge on any atom is -0.324 e. The van der Waals surface area contributed by atoms with E-state index < -0.39 is 0 Å². The number of allylic oxidation sites excluding steroid dienone is 1. The van der Waals surface area contributed by atoms with Gasteiger partial charge in [0.05, 0.1) is 0 Å². The van der Waals surface area contributed by atoms with Crippen LogP contribution in [0.3, 0.4) is 0 Å². The van der Waals surface area contributed by atoms with Crippen LogP contribution in [0.15, 0.2) is 59.1 Å². The highest BCUT2D eigenvalue weighted by molar-refractivity contribution is 9.10. The fourth-order valence-electron chi connectivity index (χ4n) is 2.80. The number of rotatable bonds is 2. The van der Waals surface area contributed by atoms with Crippen molar-refractivity contribution in [3.8, 4) is 0 Å². The summed E-state index contributed by atoms with van der Waals surface area (Å²) in [6, 6.07) is 16.0. The molecule has 0 radical (unpaired) electrons. The summed E-state index contributed by atoms with van der Waals surface area (Å²) in [7, 11) is 0. The molecule has 1 aromatic heterocycles. The number of nitrogens with zero attached hydrogens (tertiary/aromatic N) is 3. The minimum absolute atomic E-state index is 0.0128. The van der Waals surface area contributed by atoms with Crippen molar-refractivity contribution in [3.05, 3.63) is 81.1 Å². The van der Waals surface area contributed by atoms with Crippen LogP contribution in [0.4, 0.5) is 5.95 Å². The van der Waals surface area contributed by atoms with Crippen LogP contribution in [-0.4, -0.2) is 14.8 Å². The summed E-state index contributed by atoms with van der Waals surface area (Å²) in [4.78, 5) is 4.50. The maximum absolute atomic E-state index is 6.00. The Morgan fingerprint density at radius 1 is 1.08 bits per heavy atom. The summed E-state index contributed by atoms with van der Waals surface area (Å²) in [5.41, 5.74) is 3.21. The number of benzene rings is 2. The summed E-state index contributed by atoms with van der Waals surface area (Å²) < 4.78 is 2.97. The summed E-state index contributed by atoms with van der Waals surface area (Å²) in [5, 5.41) is 8.62. The fraction of sp³-hybridized carbons (Fsp3) is 0.111. The molecule has 4 rings (SSSR count). The van der Waals surface area contributed by atoms with Crippen molar-refractivity contribution >= 4 is 39.2 Å². The molecule has 0 bridgehead atoms. The zero-order chi connectivity index (χ0) is 16.7. The molecule has 1 N–H and O–H groups in total. The Kier molecular flexibility index (Phi) is 3.90. The lowest BCUT2D eigenvalue weighted by molar-refractivity contribution is 0.607. The third-order valence-electron chi connectivity index (χ3n) is 3.94. The lowest BCUT2D eigenvalue weighted by atomic mass is 10.0. The molecule has 0 fully saturated rings. The molecule has 1 aliphatic heterocycles. The highest BCUT2D eigenvalue weighted by atomic mass is 79.9. The van der Waals surface area contributed by atoms with E-state index in [1.54, 1.807) is 0 Å². The number of halogens is 2. The van der Waals surface area contributed by atoms with E-state index in [4.69, 9.17) is 11.6 Å². The number of nitrogens with one attached hydrogen (secondary N) is 1. The Morgan fingerprint density at radius 3 is 2.50 bits per heavy atom. The number of aryl methyl sites for hydroxylation is 1. The Morgan fingerprint density at radius 2 is 1.79 bits per heavy atom. The van der Waals surface area contributed by atoms with E-state index in [1.165, 1.54) is 0 Å². The molecular weight excluding hydrogens is 388 g/mol. The maximum Gasteiger partial charge on any atom is 0.226 e. The standard InChI is InChI=1S/C18H14BrClN4/c1-11-21-18-22-16(12-4-8-15(20)9-5-12)10-17(24(18)23-11)13-2-6-14(19)7-3-13/h2-10,17H,1H3,(H,21,22,23)/t17-/m0/s1. The molecule has 120 valence electrons. The van der Waals surface area contributed by atoms with E-state index in [1.807, 2.05) is 48.0 Å². The van der Waals surface area contributed by atoms with Gasteiger partial charge in [-0.15, -0.1) is 0 Å². The summed E-state index contributed by atoms with van der Waals surface area (Å²) in [6.45, 7) is 1.90. The van der Waals surface area contributed by atoms with Crippen molar-refractivity contribution < 1.29 is 0 Å². The molecule has 0 spiro atoms.